The summed E-state index contributed by atoms with van der Waals surface area (Å²) in [6, 6.07) is 7.06. The van der Waals surface area contributed by atoms with Crippen molar-refractivity contribution >= 4 is 10.9 Å². The van der Waals surface area contributed by atoms with Gasteiger partial charge in [-0.25, -0.2) is 4.39 Å². The number of benzene rings is 1. The van der Waals surface area contributed by atoms with Crippen molar-refractivity contribution < 1.29 is 9.13 Å². The van der Waals surface area contributed by atoms with E-state index >= 15 is 0 Å². The number of halogens is 1. The molecule has 2 aromatic rings. The Bertz CT molecular complexity index is 645. The summed E-state index contributed by atoms with van der Waals surface area (Å²) in [5.74, 6) is -0.185. The van der Waals surface area contributed by atoms with E-state index in [2.05, 4.69) is 16.0 Å². The van der Waals surface area contributed by atoms with Crippen molar-refractivity contribution in [2.75, 3.05) is 26.3 Å². The van der Waals surface area contributed by atoms with Gasteiger partial charge in [-0.05, 0) is 55.5 Å². The van der Waals surface area contributed by atoms with Gasteiger partial charge in [0.15, 0.2) is 0 Å². The molecular formula is C17H21FN2O. The van der Waals surface area contributed by atoms with E-state index in [1.54, 1.807) is 6.07 Å². The molecule has 1 aromatic carbocycles. The van der Waals surface area contributed by atoms with Gasteiger partial charge in [-0.1, -0.05) is 0 Å². The monoisotopic (exact) mass is 288 g/mol. The largest absolute Gasteiger partial charge is 0.381 e. The standard InChI is InChI=1S/C17H21FN2O/c18-14-3-2-13-8-15(19-16(13)9-14)10-20-6-5-17(11-20)4-1-7-21-12-17/h2-3,8-9,19H,1,4-7,10-12H2. The molecule has 1 unspecified atom stereocenters. The smallest absolute Gasteiger partial charge is 0.125 e. The number of likely N-dealkylation sites (tertiary alicyclic amines) is 1. The normalized spacial score (nSPS) is 26.9. The first kappa shape index (κ1) is 13.3. The first-order valence-electron chi connectivity index (χ1n) is 7.80. The van der Waals surface area contributed by atoms with Crippen molar-refractivity contribution in [2.45, 2.75) is 25.8 Å². The topological polar surface area (TPSA) is 28.3 Å². The molecule has 0 aliphatic carbocycles. The maximum absolute atomic E-state index is 13.2. The number of hydrogen-bond donors (Lipinski definition) is 1. The second-order valence-electron chi connectivity index (χ2n) is 6.64. The third-order valence-corrected chi connectivity index (χ3v) is 4.96. The predicted molar refractivity (Wildman–Crippen MR) is 80.6 cm³/mol. The van der Waals surface area contributed by atoms with Crippen molar-refractivity contribution in [3.8, 4) is 0 Å². The molecule has 0 bridgehead atoms. The molecule has 3 heterocycles. The lowest BCUT2D eigenvalue weighted by Gasteiger charge is -2.33. The van der Waals surface area contributed by atoms with Crippen LogP contribution in [0, 0.1) is 11.2 Å². The van der Waals surface area contributed by atoms with E-state index in [0.717, 1.165) is 43.8 Å². The fourth-order valence-corrected chi connectivity index (χ4v) is 3.88. The number of hydrogen-bond acceptors (Lipinski definition) is 2. The van der Waals surface area contributed by atoms with E-state index in [0.29, 0.717) is 5.41 Å². The van der Waals surface area contributed by atoms with Gasteiger partial charge < -0.3 is 9.72 Å². The summed E-state index contributed by atoms with van der Waals surface area (Å²) in [5.41, 5.74) is 2.44. The number of ether oxygens (including phenoxy) is 1. The van der Waals surface area contributed by atoms with Crippen molar-refractivity contribution in [3.05, 3.63) is 35.8 Å². The van der Waals surface area contributed by atoms with Crippen LogP contribution in [0.3, 0.4) is 0 Å². The Morgan fingerprint density at radius 2 is 2.24 bits per heavy atom. The van der Waals surface area contributed by atoms with Gasteiger partial charge in [-0.3, -0.25) is 4.90 Å². The molecule has 2 saturated heterocycles. The summed E-state index contributed by atoms with van der Waals surface area (Å²) in [6.45, 7) is 5.01. The van der Waals surface area contributed by atoms with Crippen molar-refractivity contribution in [1.82, 2.24) is 9.88 Å². The SMILES string of the molecule is Fc1ccc2cc(CN3CCC4(CCCOC4)C3)[nH]c2c1. The Hall–Kier alpha value is -1.39. The van der Waals surface area contributed by atoms with Crippen molar-refractivity contribution in [1.29, 1.82) is 0 Å². The van der Waals surface area contributed by atoms with Gasteiger partial charge in [0.05, 0.1) is 6.61 Å². The van der Waals surface area contributed by atoms with E-state index in [9.17, 15) is 4.39 Å². The molecule has 0 radical (unpaired) electrons. The quantitative estimate of drug-likeness (QED) is 0.918. The minimum absolute atomic E-state index is 0.185. The minimum Gasteiger partial charge on any atom is -0.381 e. The van der Waals surface area contributed by atoms with E-state index in [1.807, 2.05) is 6.07 Å². The lowest BCUT2D eigenvalue weighted by molar-refractivity contribution is -0.00252. The summed E-state index contributed by atoms with van der Waals surface area (Å²) in [4.78, 5) is 5.84. The third-order valence-electron chi connectivity index (χ3n) is 4.96. The second kappa shape index (κ2) is 5.11. The molecule has 4 rings (SSSR count). The summed E-state index contributed by atoms with van der Waals surface area (Å²) in [5, 5.41) is 1.08. The van der Waals surface area contributed by atoms with Gasteiger partial charge in [0.25, 0.3) is 0 Å². The van der Waals surface area contributed by atoms with Gasteiger partial charge in [-0.2, -0.15) is 0 Å². The third kappa shape index (κ3) is 2.58. The van der Waals surface area contributed by atoms with E-state index in [1.165, 1.54) is 31.0 Å². The van der Waals surface area contributed by atoms with Crippen molar-refractivity contribution in [2.24, 2.45) is 5.41 Å². The van der Waals surface area contributed by atoms with Crippen LogP contribution < -0.4 is 0 Å². The van der Waals surface area contributed by atoms with Gasteiger partial charge >= 0.3 is 0 Å². The van der Waals surface area contributed by atoms with Crippen LogP contribution in [0.5, 0.6) is 0 Å². The van der Waals surface area contributed by atoms with Gasteiger partial charge in [0.2, 0.25) is 0 Å². The molecular weight excluding hydrogens is 267 g/mol. The molecule has 1 atom stereocenters. The molecule has 0 saturated carbocycles. The average molecular weight is 288 g/mol. The molecule has 2 aliphatic rings. The van der Waals surface area contributed by atoms with E-state index in [-0.39, 0.29) is 5.82 Å². The highest BCUT2D eigenvalue weighted by Crippen LogP contribution is 2.38. The Morgan fingerprint density at radius 3 is 3.10 bits per heavy atom. The fraction of sp³-hybridized carbons (Fsp3) is 0.529. The van der Waals surface area contributed by atoms with Crippen LogP contribution in [0.2, 0.25) is 0 Å². The number of H-pyrrole nitrogens is 1. The molecule has 1 spiro atoms. The maximum Gasteiger partial charge on any atom is 0.125 e. The molecule has 3 nitrogen and oxygen atoms in total. The van der Waals surface area contributed by atoms with E-state index in [4.69, 9.17) is 4.74 Å². The number of fused-ring (bicyclic) bond motifs is 1. The lowest BCUT2D eigenvalue weighted by atomic mass is 9.82. The van der Waals surface area contributed by atoms with Crippen LogP contribution in [0.4, 0.5) is 4.39 Å². The molecule has 2 aliphatic heterocycles. The van der Waals surface area contributed by atoms with Gasteiger partial charge in [0, 0.05) is 36.3 Å². The molecule has 21 heavy (non-hydrogen) atoms. The molecule has 2 fully saturated rings. The zero-order valence-corrected chi connectivity index (χ0v) is 12.2. The Kier molecular flexibility index (Phi) is 3.23. The van der Waals surface area contributed by atoms with E-state index < -0.39 is 0 Å². The first-order chi connectivity index (χ1) is 10.2. The van der Waals surface area contributed by atoms with Crippen LogP contribution in [-0.4, -0.2) is 36.2 Å². The zero-order chi connectivity index (χ0) is 14.3. The van der Waals surface area contributed by atoms with Crippen LogP contribution >= 0.6 is 0 Å². The summed E-state index contributed by atoms with van der Waals surface area (Å²) in [6.07, 6.45) is 3.72. The van der Waals surface area contributed by atoms with Gasteiger partial charge in [0.1, 0.15) is 5.82 Å². The molecule has 4 heteroatoms. The summed E-state index contributed by atoms with van der Waals surface area (Å²) in [7, 11) is 0. The van der Waals surface area contributed by atoms with Crippen molar-refractivity contribution in [3.63, 3.8) is 0 Å². The molecule has 1 aromatic heterocycles. The second-order valence-corrected chi connectivity index (χ2v) is 6.64. The molecule has 112 valence electrons. The summed E-state index contributed by atoms with van der Waals surface area (Å²) < 4.78 is 18.9. The van der Waals surface area contributed by atoms with Crippen LogP contribution in [0.25, 0.3) is 10.9 Å². The summed E-state index contributed by atoms with van der Waals surface area (Å²) >= 11 is 0. The highest BCUT2D eigenvalue weighted by atomic mass is 19.1. The van der Waals surface area contributed by atoms with Gasteiger partial charge in [-0.15, -0.1) is 0 Å². The van der Waals surface area contributed by atoms with Crippen LogP contribution in [0.15, 0.2) is 24.3 Å². The lowest BCUT2D eigenvalue weighted by Crippen LogP contribution is -2.34. The first-order valence-corrected chi connectivity index (χ1v) is 7.80. The minimum atomic E-state index is -0.185. The number of rotatable bonds is 2. The fourth-order valence-electron chi connectivity index (χ4n) is 3.88. The Morgan fingerprint density at radius 1 is 1.29 bits per heavy atom. The Labute approximate surface area is 124 Å². The predicted octanol–water partition coefficient (Wildman–Crippen LogP) is 3.31. The average Bonchev–Trinajstić information content (AvgIpc) is 3.04. The zero-order valence-electron chi connectivity index (χ0n) is 12.2. The highest BCUT2D eigenvalue weighted by Gasteiger charge is 2.39. The Balaban J connectivity index is 1.48. The number of aromatic nitrogens is 1. The van der Waals surface area contributed by atoms with Crippen LogP contribution in [0.1, 0.15) is 25.0 Å². The number of nitrogens with zero attached hydrogens (tertiary/aromatic N) is 1. The molecule has 1 N–H and O–H groups in total. The number of aromatic amines is 1. The number of nitrogens with one attached hydrogen (secondary N) is 1. The molecule has 0 amide bonds. The maximum atomic E-state index is 13.2. The highest BCUT2D eigenvalue weighted by molar-refractivity contribution is 5.80. The van der Waals surface area contributed by atoms with Crippen LogP contribution in [-0.2, 0) is 11.3 Å².